The van der Waals surface area contributed by atoms with Crippen molar-refractivity contribution in [1.29, 1.82) is 0 Å². The molecular weight excluding hydrogens is 364 g/mol. The quantitative estimate of drug-likeness (QED) is 0.726. The summed E-state index contributed by atoms with van der Waals surface area (Å²) in [6, 6.07) is 15.8. The molecule has 1 aromatic heterocycles. The highest BCUT2D eigenvalue weighted by molar-refractivity contribution is 5.97. The fourth-order valence-electron chi connectivity index (χ4n) is 4.06. The Kier molecular flexibility index (Phi) is 5.09. The Hall–Kier alpha value is -3.15. The van der Waals surface area contributed by atoms with E-state index in [0.717, 1.165) is 28.1 Å². The van der Waals surface area contributed by atoms with Crippen LogP contribution in [0.4, 0.5) is 5.69 Å². The van der Waals surface area contributed by atoms with Crippen molar-refractivity contribution in [3.8, 4) is 0 Å². The van der Waals surface area contributed by atoms with Crippen LogP contribution in [0.2, 0.25) is 0 Å². The van der Waals surface area contributed by atoms with E-state index in [2.05, 4.69) is 5.32 Å². The smallest absolute Gasteiger partial charge is 0.240 e. The molecular formula is C23H26N4O2. The summed E-state index contributed by atoms with van der Waals surface area (Å²) < 4.78 is 1.96. The van der Waals surface area contributed by atoms with Gasteiger partial charge in [0.25, 0.3) is 0 Å². The molecule has 1 N–H and O–H groups in total. The summed E-state index contributed by atoms with van der Waals surface area (Å²) >= 11 is 0. The zero-order chi connectivity index (χ0) is 20.5. The van der Waals surface area contributed by atoms with E-state index in [1.165, 1.54) is 0 Å². The fourth-order valence-corrected chi connectivity index (χ4v) is 4.06. The Morgan fingerprint density at radius 3 is 2.66 bits per heavy atom. The van der Waals surface area contributed by atoms with Crippen LogP contribution >= 0.6 is 0 Å². The highest BCUT2D eigenvalue weighted by Crippen LogP contribution is 2.34. The van der Waals surface area contributed by atoms with Crippen molar-refractivity contribution in [3.05, 3.63) is 59.9 Å². The molecule has 0 unspecified atom stereocenters. The van der Waals surface area contributed by atoms with Crippen molar-refractivity contribution in [2.75, 3.05) is 11.4 Å². The Labute approximate surface area is 170 Å². The number of benzene rings is 2. The Bertz CT molecular complexity index is 1070. The minimum absolute atomic E-state index is 0.0514. The third-order valence-corrected chi connectivity index (χ3v) is 5.33. The number of carbonyl (C=O) groups is 2. The van der Waals surface area contributed by atoms with Gasteiger partial charge in [-0.3, -0.25) is 9.59 Å². The number of fused-ring (bicyclic) bond motifs is 1. The summed E-state index contributed by atoms with van der Waals surface area (Å²) in [7, 11) is 0. The lowest BCUT2D eigenvalue weighted by Crippen LogP contribution is -2.33. The van der Waals surface area contributed by atoms with E-state index in [-0.39, 0.29) is 30.3 Å². The normalized spacial score (nSPS) is 16.8. The van der Waals surface area contributed by atoms with Crippen LogP contribution in [0.25, 0.3) is 11.0 Å². The molecule has 2 aromatic carbocycles. The number of amides is 2. The Morgan fingerprint density at radius 1 is 1.17 bits per heavy atom. The van der Waals surface area contributed by atoms with Crippen molar-refractivity contribution in [1.82, 2.24) is 14.9 Å². The number of nitrogens with zero attached hydrogens (tertiary/aromatic N) is 3. The molecule has 2 heterocycles. The van der Waals surface area contributed by atoms with Crippen LogP contribution in [0.15, 0.2) is 48.5 Å². The largest absolute Gasteiger partial charge is 0.352 e. The second-order valence-electron chi connectivity index (χ2n) is 7.96. The van der Waals surface area contributed by atoms with Crippen molar-refractivity contribution < 1.29 is 9.59 Å². The number of rotatable bonds is 5. The SMILES string of the molecule is Cc1ccccc1N1C[C@H](c2nc3ccccc3n2CC(=O)NC(C)C)CC1=O. The minimum Gasteiger partial charge on any atom is -0.352 e. The Morgan fingerprint density at radius 2 is 1.90 bits per heavy atom. The van der Waals surface area contributed by atoms with Gasteiger partial charge in [-0.05, 0) is 44.5 Å². The molecule has 1 aliphatic heterocycles. The number of para-hydroxylation sites is 3. The van der Waals surface area contributed by atoms with E-state index in [1.807, 2.05) is 78.8 Å². The first-order valence-corrected chi connectivity index (χ1v) is 10.0. The molecule has 0 spiro atoms. The molecule has 1 fully saturated rings. The van der Waals surface area contributed by atoms with E-state index in [9.17, 15) is 9.59 Å². The van der Waals surface area contributed by atoms with Crippen molar-refractivity contribution >= 4 is 28.5 Å². The van der Waals surface area contributed by atoms with Gasteiger partial charge in [0, 0.05) is 30.6 Å². The molecule has 4 rings (SSSR count). The highest BCUT2D eigenvalue weighted by atomic mass is 16.2. The molecule has 0 saturated carbocycles. The van der Waals surface area contributed by atoms with Crippen LogP contribution in [-0.4, -0.2) is 34.0 Å². The molecule has 150 valence electrons. The van der Waals surface area contributed by atoms with Crippen molar-refractivity contribution in [2.24, 2.45) is 0 Å². The number of aromatic nitrogens is 2. The standard InChI is InChI=1S/C23H26N4O2/c1-15(2)24-21(28)14-27-20-11-7-5-9-18(20)25-23(27)17-12-22(29)26(13-17)19-10-6-4-8-16(19)3/h4-11,15,17H,12-14H2,1-3H3,(H,24,28)/t17-/m1/s1. The maximum absolute atomic E-state index is 12.8. The van der Waals surface area contributed by atoms with E-state index in [1.54, 1.807) is 0 Å². The lowest BCUT2D eigenvalue weighted by atomic mass is 10.1. The summed E-state index contributed by atoms with van der Waals surface area (Å²) in [5, 5.41) is 2.95. The lowest BCUT2D eigenvalue weighted by molar-refractivity contribution is -0.122. The van der Waals surface area contributed by atoms with Gasteiger partial charge in [-0.25, -0.2) is 4.98 Å². The maximum atomic E-state index is 12.8. The van der Waals surface area contributed by atoms with E-state index in [4.69, 9.17) is 4.98 Å². The number of imidazole rings is 1. The number of hydrogen-bond acceptors (Lipinski definition) is 3. The summed E-state index contributed by atoms with van der Waals surface area (Å²) in [6.45, 7) is 6.67. The van der Waals surface area contributed by atoms with Gasteiger partial charge in [0.05, 0.1) is 11.0 Å². The van der Waals surface area contributed by atoms with Gasteiger partial charge in [-0.2, -0.15) is 0 Å². The molecule has 2 amide bonds. The molecule has 3 aromatic rings. The molecule has 0 aliphatic carbocycles. The molecule has 6 nitrogen and oxygen atoms in total. The summed E-state index contributed by atoms with van der Waals surface area (Å²) in [6.07, 6.45) is 0.392. The minimum atomic E-state index is -0.0543. The predicted molar refractivity (Wildman–Crippen MR) is 114 cm³/mol. The summed E-state index contributed by atoms with van der Waals surface area (Å²) in [4.78, 5) is 32.0. The van der Waals surface area contributed by atoms with Crippen LogP contribution in [-0.2, 0) is 16.1 Å². The number of aryl methyl sites for hydroxylation is 1. The first-order valence-electron chi connectivity index (χ1n) is 10.0. The average molecular weight is 390 g/mol. The van der Waals surface area contributed by atoms with Gasteiger partial charge >= 0.3 is 0 Å². The zero-order valence-corrected chi connectivity index (χ0v) is 17.1. The van der Waals surface area contributed by atoms with Gasteiger partial charge in [0.15, 0.2) is 0 Å². The lowest BCUT2D eigenvalue weighted by Gasteiger charge is -2.19. The highest BCUT2D eigenvalue weighted by Gasteiger charge is 2.35. The first kappa shape index (κ1) is 19.2. The molecule has 1 aliphatic rings. The number of hydrogen-bond donors (Lipinski definition) is 1. The van der Waals surface area contributed by atoms with Crippen LogP contribution in [0.3, 0.4) is 0 Å². The Balaban J connectivity index is 1.69. The third-order valence-electron chi connectivity index (χ3n) is 5.33. The van der Waals surface area contributed by atoms with Crippen molar-refractivity contribution in [3.63, 3.8) is 0 Å². The fraction of sp³-hybridized carbons (Fsp3) is 0.348. The predicted octanol–water partition coefficient (Wildman–Crippen LogP) is 3.39. The van der Waals surface area contributed by atoms with Gasteiger partial charge in [-0.15, -0.1) is 0 Å². The van der Waals surface area contributed by atoms with Crippen LogP contribution in [0.1, 0.15) is 37.6 Å². The maximum Gasteiger partial charge on any atom is 0.240 e. The molecule has 1 atom stereocenters. The zero-order valence-electron chi connectivity index (χ0n) is 17.1. The van der Waals surface area contributed by atoms with Gasteiger partial charge in [0.2, 0.25) is 11.8 Å². The van der Waals surface area contributed by atoms with E-state index >= 15 is 0 Å². The first-order chi connectivity index (χ1) is 13.9. The van der Waals surface area contributed by atoms with Crippen LogP contribution in [0, 0.1) is 6.92 Å². The van der Waals surface area contributed by atoms with Gasteiger partial charge in [0.1, 0.15) is 12.4 Å². The topological polar surface area (TPSA) is 67.2 Å². The van der Waals surface area contributed by atoms with E-state index in [0.29, 0.717) is 13.0 Å². The summed E-state index contributed by atoms with van der Waals surface area (Å²) in [5.74, 6) is 0.787. The molecule has 1 saturated heterocycles. The second kappa shape index (κ2) is 7.70. The van der Waals surface area contributed by atoms with Crippen LogP contribution < -0.4 is 10.2 Å². The van der Waals surface area contributed by atoms with Gasteiger partial charge < -0.3 is 14.8 Å². The molecule has 0 radical (unpaired) electrons. The molecule has 29 heavy (non-hydrogen) atoms. The molecule has 6 heteroatoms. The average Bonchev–Trinajstić information content (AvgIpc) is 3.22. The van der Waals surface area contributed by atoms with Gasteiger partial charge in [-0.1, -0.05) is 30.3 Å². The monoisotopic (exact) mass is 390 g/mol. The number of nitrogens with one attached hydrogen (secondary N) is 1. The second-order valence-corrected chi connectivity index (χ2v) is 7.96. The number of carbonyl (C=O) groups excluding carboxylic acids is 2. The molecule has 0 bridgehead atoms. The van der Waals surface area contributed by atoms with E-state index < -0.39 is 0 Å². The van der Waals surface area contributed by atoms with Crippen molar-refractivity contribution in [2.45, 2.75) is 45.7 Å². The number of anilines is 1. The third kappa shape index (κ3) is 3.75. The summed E-state index contributed by atoms with van der Waals surface area (Å²) in [5.41, 5.74) is 3.79. The van der Waals surface area contributed by atoms with Crippen LogP contribution in [0.5, 0.6) is 0 Å².